The van der Waals surface area contributed by atoms with Crippen molar-refractivity contribution in [2.45, 2.75) is 39.8 Å². The highest BCUT2D eigenvalue weighted by Crippen LogP contribution is 2.04. The van der Waals surface area contributed by atoms with Crippen molar-refractivity contribution in [3.8, 4) is 0 Å². The summed E-state index contributed by atoms with van der Waals surface area (Å²) in [6, 6.07) is 4.20. The molecule has 0 saturated carbocycles. The molecule has 0 spiro atoms. The van der Waals surface area contributed by atoms with Crippen LogP contribution in [-0.4, -0.2) is 48.3 Å². The van der Waals surface area contributed by atoms with Crippen LogP contribution in [0.3, 0.4) is 0 Å². The van der Waals surface area contributed by atoms with E-state index in [1.807, 2.05) is 0 Å². The summed E-state index contributed by atoms with van der Waals surface area (Å²) < 4.78 is 7.67. The van der Waals surface area contributed by atoms with Gasteiger partial charge in [0.25, 0.3) is 0 Å². The lowest BCUT2D eigenvalue weighted by molar-refractivity contribution is 0.0782. The third-order valence-electron chi connectivity index (χ3n) is 3.16. The second kappa shape index (κ2) is 9.45. The number of aliphatic imine (C=N–C) groups is 1. The first-order valence-electron chi connectivity index (χ1n) is 7.75. The number of ether oxygens (including phenoxy) is 1. The van der Waals surface area contributed by atoms with E-state index < -0.39 is 0 Å². The summed E-state index contributed by atoms with van der Waals surface area (Å²) >= 11 is 0. The van der Waals surface area contributed by atoms with Crippen molar-refractivity contribution < 1.29 is 4.74 Å². The highest BCUT2D eigenvalue weighted by molar-refractivity contribution is 5.79. The number of nitrogens with one attached hydrogen (secondary N) is 1. The molecular formula is C16H30N4O. The van der Waals surface area contributed by atoms with Crippen molar-refractivity contribution in [1.29, 1.82) is 0 Å². The molecule has 0 atom stereocenters. The highest BCUT2D eigenvalue weighted by atomic mass is 16.5. The van der Waals surface area contributed by atoms with Gasteiger partial charge in [0.05, 0.1) is 12.6 Å². The van der Waals surface area contributed by atoms with Gasteiger partial charge in [-0.1, -0.05) is 0 Å². The molecular weight excluding hydrogens is 264 g/mol. The van der Waals surface area contributed by atoms with E-state index in [9.17, 15) is 0 Å². The molecule has 0 bridgehead atoms. The summed E-state index contributed by atoms with van der Waals surface area (Å²) in [5.41, 5.74) is 1.27. The molecule has 0 radical (unpaired) electrons. The Balaban J connectivity index is 2.48. The van der Waals surface area contributed by atoms with Crippen molar-refractivity contribution in [3.63, 3.8) is 0 Å². The van der Waals surface area contributed by atoms with Crippen molar-refractivity contribution in [1.82, 2.24) is 14.8 Å². The third-order valence-corrected chi connectivity index (χ3v) is 3.16. The van der Waals surface area contributed by atoms with Crippen molar-refractivity contribution in [2.75, 3.05) is 26.7 Å². The number of rotatable bonds is 8. The minimum atomic E-state index is 0.294. The molecule has 0 saturated heterocycles. The molecule has 1 rings (SSSR count). The van der Waals surface area contributed by atoms with Gasteiger partial charge in [-0.25, -0.2) is 0 Å². The fourth-order valence-electron chi connectivity index (χ4n) is 2.02. The predicted octanol–water partition coefficient (Wildman–Crippen LogP) is 2.24. The van der Waals surface area contributed by atoms with Crippen LogP contribution < -0.4 is 5.32 Å². The number of aromatic nitrogens is 1. The van der Waals surface area contributed by atoms with E-state index in [4.69, 9.17) is 4.74 Å². The summed E-state index contributed by atoms with van der Waals surface area (Å²) in [4.78, 5) is 6.82. The molecule has 120 valence electrons. The topological polar surface area (TPSA) is 41.8 Å². The van der Waals surface area contributed by atoms with E-state index in [1.165, 1.54) is 5.69 Å². The zero-order valence-corrected chi connectivity index (χ0v) is 14.1. The normalized spacial score (nSPS) is 12.0. The third kappa shape index (κ3) is 6.67. The number of guanidine groups is 1. The second-order valence-corrected chi connectivity index (χ2v) is 5.48. The molecule has 0 aromatic carbocycles. The molecule has 0 unspecified atom stereocenters. The maximum atomic E-state index is 5.54. The SMILES string of the molecule is CCNC(=NCCCOC(C)C)N(C)Cc1cccn1C. The first kappa shape index (κ1) is 17.6. The zero-order chi connectivity index (χ0) is 15.7. The van der Waals surface area contributed by atoms with Gasteiger partial charge >= 0.3 is 0 Å². The van der Waals surface area contributed by atoms with E-state index in [0.717, 1.165) is 38.6 Å². The van der Waals surface area contributed by atoms with Gasteiger partial charge in [0.1, 0.15) is 0 Å². The van der Waals surface area contributed by atoms with Crippen molar-refractivity contribution >= 4 is 5.96 Å². The van der Waals surface area contributed by atoms with Gasteiger partial charge in [0.2, 0.25) is 0 Å². The van der Waals surface area contributed by atoms with Crippen LogP contribution in [-0.2, 0) is 18.3 Å². The lowest BCUT2D eigenvalue weighted by Crippen LogP contribution is -2.39. The minimum Gasteiger partial charge on any atom is -0.379 e. The van der Waals surface area contributed by atoms with E-state index in [2.05, 4.69) is 73.0 Å². The Morgan fingerprint density at radius 3 is 2.81 bits per heavy atom. The molecule has 0 aliphatic carbocycles. The lowest BCUT2D eigenvalue weighted by Gasteiger charge is -2.22. The lowest BCUT2D eigenvalue weighted by atomic mass is 10.4. The Morgan fingerprint density at radius 2 is 2.24 bits per heavy atom. The number of nitrogens with zero attached hydrogens (tertiary/aromatic N) is 3. The van der Waals surface area contributed by atoms with Crippen molar-refractivity contribution in [2.24, 2.45) is 12.0 Å². The van der Waals surface area contributed by atoms with Gasteiger partial charge in [-0.15, -0.1) is 0 Å². The van der Waals surface area contributed by atoms with Crippen LogP contribution in [0, 0.1) is 0 Å². The van der Waals surface area contributed by atoms with Crippen molar-refractivity contribution in [3.05, 3.63) is 24.0 Å². The van der Waals surface area contributed by atoms with Gasteiger partial charge in [-0.3, -0.25) is 4.99 Å². The summed E-state index contributed by atoms with van der Waals surface area (Å²) in [5.74, 6) is 0.947. The van der Waals surface area contributed by atoms with Crippen LogP contribution >= 0.6 is 0 Å². The molecule has 0 aliphatic rings. The van der Waals surface area contributed by atoms with Crippen LogP contribution in [0.1, 0.15) is 32.9 Å². The summed E-state index contributed by atoms with van der Waals surface area (Å²) in [6.07, 6.45) is 3.31. The first-order valence-corrected chi connectivity index (χ1v) is 7.75. The number of hydrogen-bond donors (Lipinski definition) is 1. The molecule has 1 heterocycles. The van der Waals surface area contributed by atoms with Crippen LogP contribution in [0.15, 0.2) is 23.3 Å². The van der Waals surface area contributed by atoms with Crippen LogP contribution in [0.5, 0.6) is 0 Å². The fourth-order valence-corrected chi connectivity index (χ4v) is 2.02. The predicted molar refractivity (Wildman–Crippen MR) is 88.6 cm³/mol. The summed E-state index contributed by atoms with van der Waals surface area (Å²) in [5, 5.41) is 3.34. The Kier molecular flexibility index (Phi) is 7.90. The molecule has 0 aliphatic heterocycles. The average molecular weight is 294 g/mol. The van der Waals surface area contributed by atoms with Gasteiger partial charge in [0, 0.05) is 45.7 Å². The maximum absolute atomic E-state index is 5.54. The molecule has 1 aromatic heterocycles. The molecule has 0 fully saturated rings. The molecule has 21 heavy (non-hydrogen) atoms. The maximum Gasteiger partial charge on any atom is 0.194 e. The number of hydrogen-bond acceptors (Lipinski definition) is 2. The second-order valence-electron chi connectivity index (χ2n) is 5.48. The zero-order valence-electron chi connectivity index (χ0n) is 14.1. The molecule has 1 N–H and O–H groups in total. The Morgan fingerprint density at radius 1 is 1.48 bits per heavy atom. The average Bonchev–Trinajstić information content (AvgIpc) is 2.82. The van der Waals surface area contributed by atoms with Gasteiger partial charge < -0.3 is 19.5 Å². The highest BCUT2D eigenvalue weighted by Gasteiger charge is 2.07. The largest absolute Gasteiger partial charge is 0.379 e. The molecule has 5 heteroatoms. The Hall–Kier alpha value is -1.49. The molecule has 1 aromatic rings. The smallest absolute Gasteiger partial charge is 0.194 e. The monoisotopic (exact) mass is 294 g/mol. The fraction of sp³-hybridized carbons (Fsp3) is 0.688. The molecule has 5 nitrogen and oxygen atoms in total. The standard InChI is InChI=1S/C16H30N4O/c1-6-17-16(18-10-8-12-21-14(2)3)20(5)13-15-9-7-11-19(15)4/h7,9,11,14H,6,8,10,12-13H2,1-5H3,(H,17,18). The van der Waals surface area contributed by atoms with Crippen LogP contribution in [0.4, 0.5) is 0 Å². The quantitative estimate of drug-likeness (QED) is 0.454. The molecule has 0 amide bonds. The summed E-state index contributed by atoms with van der Waals surface area (Å²) in [7, 11) is 4.13. The van der Waals surface area contributed by atoms with Gasteiger partial charge in [-0.2, -0.15) is 0 Å². The van der Waals surface area contributed by atoms with Crippen LogP contribution in [0.25, 0.3) is 0 Å². The van der Waals surface area contributed by atoms with E-state index in [1.54, 1.807) is 0 Å². The summed E-state index contributed by atoms with van der Waals surface area (Å²) in [6.45, 7) is 9.47. The van der Waals surface area contributed by atoms with Gasteiger partial charge in [-0.05, 0) is 39.3 Å². The number of aryl methyl sites for hydroxylation is 1. The Bertz CT molecular complexity index is 426. The van der Waals surface area contributed by atoms with Gasteiger partial charge in [0.15, 0.2) is 5.96 Å². The Labute approximate surface area is 129 Å². The van der Waals surface area contributed by atoms with E-state index in [0.29, 0.717) is 6.10 Å². The van der Waals surface area contributed by atoms with E-state index in [-0.39, 0.29) is 0 Å². The van der Waals surface area contributed by atoms with E-state index >= 15 is 0 Å². The first-order chi connectivity index (χ1) is 10.0. The van der Waals surface area contributed by atoms with Crippen LogP contribution in [0.2, 0.25) is 0 Å². The minimum absolute atomic E-state index is 0.294.